The first-order valence-corrected chi connectivity index (χ1v) is 8.44. The van der Waals surface area contributed by atoms with E-state index in [1.165, 1.54) is 12.0 Å². The lowest BCUT2D eigenvalue weighted by molar-refractivity contribution is -0.116. The number of carbonyl (C=O) groups is 3. The van der Waals surface area contributed by atoms with Crippen LogP contribution in [-0.2, 0) is 9.53 Å². The van der Waals surface area contributed by atoms with Crippen LogP contribution in [0.5, 0.6) is 0 Å². The van der Waals surface area contributed by atoms with Crippen molar-refractivity contribution in [2.45, 2.75) is 12.3 Å². The molecule has 1 heterocycles. The van der Waals surface area contributed by atoms with Crippen molar-refractivity contribution >= 4 is 40.3 Å². The summed E-state index contributed by atoms with van der Waals surface area (Å²) in [5.41, 5.74) is 2.58. The Balaban J connectivity index is 1.75. The Morgan fingerprint density at radius 2 is 1.88 bits per heavy atom. The molecule has 0 aromatic heterocycles. The van der Waals surface area contributed by atoms with Gasteiger partial charge in [-0.25, -0.2) is 9.69 Å². The summed E-state index contributed by atoms with van der Waals surface area (Å²) in [6.07, 6.45) is 0. The normalized spacial score (nSPS) is 16.9. The second-order valence-electron chi connectivity index (χ2n) is 5.49. The van der Waals surface area contributed by atoms with Crippen LogP contribution < -0.4 is 10.2 Å². The summed E-state index contributed by atoms with van der Waals surface area (Å²) >= 11 is 0.927. The van der Waals surface area contributed by atoms with Gasteiger partial charge in [-0.3, -0.25) is 9.59 Å². The number of nitrogens with zero attached hydrogens (tertiary/aromatic N) is 1. The van der Waals surface area contributed by atoms with E-state index in [0.29, 0.717) is 16.9 Å². The number of methoxy groups -OCH3 is 1. The van der Waals surface area contributed by atoms with Crippen molar-refractivity contribution in [1.82, 2.24) is 0 Å². The molecule has 2 aromatic rings. The van der Waals surface area contributed by atoms with E-state index in [9.17, 15) is 14.4 Å². The highest BCUT2D eigenvalue weighted by Gasteiger charge is 2.40. The molecule has 2 aromatic carbocycles. The standard InChI is InChI=1S/C18H16N2O4S/c1-11-4-3-5-14(10-11)20-16(21)15(25-18(20)23)19-13-8-6-12(7-9-13)17(22)24-2/h3-10,15,19H,1-2H3. The predicted molar refractivity (Wildman–Crippen MR) is 96.8 cm³/mol. The Bertz CT molecular complexity index is 835. The summed E-state index contributed by atoms with van der Waals surface area (Å²) < 4.78 is 4.64. The molecule has 0 spiro atoms. The number of benzene rings is 2. The number of hydrogen-bond acceptors (Lipinski definition) is 6. The second-order valence-corrected chi connectivity index (χ2v) is 6.55. The van der Waals surface area contributed by atoms with Gasteiger partial charge in [0.2, 0.25) is 0 Å². The van der Waals surface area contributed by atoms with Crippen molar-refractivity contribution < 1.29 is 19.1 Å². The monoisotopic (exact) mass is 356 g/mol. The predicted octanol–water partition coefficient (Wildman–Crippen LogP) is 3.42. The number of aryl methyl sites for hydroxylation is 1. The molecule has 7 heteroatoms. The number of thioether (sulfide) groups is 1. The maximum Gasteiger partial charge on any atom is 0.337 e. The molecule has 1 atom stereocenters. The van der Waals surface area contributed by atoms with Crippen LogP contribution in [0, 0.1) is 6.92 Å². The number of amides is 2. The van der Waals surface area contributed by atoms with Crippen LogP contribution in [0.1, 0.15) is 15.9 Å². The van der Waals surface area contributed by atoms with Gasteiger partial charge in [0.15, 0.2) is 5.37 Å². The van der Waals surface area contributed by atoms with Crippen LogP contribution in [0.2, 0.25) is 0 Å². The maximum absolute atomic E-state index is 12.6. The first-order chi connectivity index (χ1) is 12.0. The van der Waals surface area contributed by atoms with E-state index in [2.05, 4.69) is 10.1 Å². The van der Waals surface area contributed by atoms with Crippen molar-refractivity contribution in [3.63, 3.8) is 0 Å². The first-order valence-electron chi connectivity index (χ1n) is 7.56. The number of rotatable bonds is 4. The van der Waals surface area contributed by atoms with Crippen molar-refractivity contribution in [3.8, 4) is 0 Å². The van der Waals surface area contributed by atoms with Gasteiger partial charge in [-0.05, 0) is 60.6 Å². The molecular weight excluding hydrogens is 340 g/mol. The van der Waals surface area contributed by atoms with Crippen LogP contribution in [0.15, 0.2) is 48.5 Å². The van der Waals surface area contributed by atoms with Crippen LogP contribution in [-0.4, -0.2) is 29.6 Å². The van der Waals surface area contributed by atoms with Crippen LogP contribution >= 0.6 is 11.8 Å². The molecule has 1 fully saturated rings. The summed E-state index contributed by atoms with van der Waals surface area (Å²) in [7, 11) is 1.31. The first kappa shape index (κ1) is 17.0. The summed E-state index contributed by atoms with van der Waals surface area (Å²) in [4.78, 5) is 37.5. The zero-order chi connectivity index (χ0) is 18.0. The van der Waals surface area contributed by atoms with E-state index in [-0.39, 0.29) is 11.1 Å². The maximum atomic E-state index is 12.6. The summed E-state index contributed by atoms with van der Waals surface area (Å²) in [5, 5.41) is 1.99. The van der Waals surface area contributed by atoms with Gasteiger partial charge < -0.3 is 10.1 Å². The van der Waals surface area contributed by atoms with E-state index in [1.807, 2.05) is 19.1 Å². The van der Waals surface area contributed by atoms with Crippen molar-refractivity contribution in [2.75, 3.05) is 17.3 Å². The van der Waals surface area contributed by atoms with Crippen LogP contribution in [0.25, 0.3) is 0 Å². The lowest BCUT2D eigenvalue weighted by atomic mass is 10.2. The molecule has 2 amide bonds. The van der Waals surface area contributed by atoms with Gasteiger partial charge >= 0.3 is 5.97 Å². The molecule has 128 valence electrons. The van der Waals surface area contributed by atoms with Crippen LogP contribution in [0.4, 0.5) is 16.2 Å². The minimum atomic E-state index is -0.711. The SMILES string of the molecule is COC(=O)c1ccc(NC2SC(=O)N(c3cccc(C)c3)C2=O)cc1. The van der Waals surface area contributed by atoms with Gasteiger partial charge in [0.05, 0.1) is 18.4 Å². The minimum Gasteiger partial charge on any atom is -0.465 e. The Morgan fingerprint density at radius 1 is 1.16 bits per heavy atom. The molecule has 0 bridgehead atoms. The number of hydrogen-bond donors (Lipinski definition) is 1. The molecule has 1 N–H and O–H groups in total. The molecule has 25 heavy (non-hydrogen) atoms. The highest BCUT2D eigenvalue weighted by Crippen LogP contribution is 2.32. The molecule has 1 aliphatic heterocycles. The summed E-state index contributed by atoms with van der Waals surface area (Å²) in [6, 6.07) is 13.8. The largest absolute Gasteiger partial charge is 0.465 e. The third kappa shape index (κ3) is 3.51. The Hall–Kier alpha value is -2.80. The molecule has 1 aliphatic rings. The lowest BCUT2D eigenvalue weighted by Crippen LogP contribution is -2.34. The van der Waals surface area contributed by atoms with Crippen LogP contribution in [0.3, 0.4) is 0 Å². The van der Waals surface area contributed by atoms with Gasteiger partial charge in [0, 0.05) is 5.69 Å². The number of carbonyl (C=O) groups excluding carboxylic acids is 3. The molecule has 6 nitrogen and oxygen atoms in total. The quantitative estimate of drug-likeness (QED) is 0.846. The smallest absolute Gasteiger partial charge is 0.337 e. The van der Waals surface area contributed by atoms with Gasteiger partial charge in [0.25, 0.3) is 11.1 Å². The van der Waals surface area contributed by atoms with Crippen molar-refractivity contribution in [2.24, 2.45) is 0 Å². The van der Waals surface area contributed by atoms with Crippen molar-refractivity contribution in [3.05, 3.63) is 59.7 Å². The lowest BCUT2D eigenvalue weighted by Gasteiger charge is -2.15. The number of anilines is 2. The summed E-state index contributed by atoms with van der Waals surface area (Å²) in [5.74, 6) is -0.753. The number of nitrogens with one attached hydrogen (secondary N) is 1. The number of ether oxygens (including phenoxy) is 1. The fraction of sp³-hybridized carbons (Fsp3) is 0.167. The van der Waals surface area contributed by atoms with E-state index in [1.54, 1.807) is 36.4 Å². The van der Waals surface area contributed by atoms with E-state index in [0.717, 1.165) is 17.3 Å². The number of imide groups is 1. The Morgan fingerprint density at radius 3 is 2.52 bits per heavy atom. The third-order valence-electron chi connectivity index (χ3n) is 3.71. The average Bonchev–Trinajstić information content (AvgIpc) is 2.88. The fourth-order valence-electron chi connectivity index (χ4n) is 2.47. The minimum absolute atomic E-state index is 0.320. The second kappa shape index (κ2) is 6.98. The van der Waals surface area contributed by atoms with E-state index < -0.39 is 11.3 Å². The molecule has 1 saturated heterocycles. The third-order valence-corrected chi connectivity index (χ3v) is 4.65. The highest BCUT2D eigenvalue weighted by molar-refractivity contribution is 8.16. The number of esters is 1. The van der Waals surface area contributed by atoms with E-state index >= 15 is 0 Å². The molecule has 0 radical (unpaired) electrons. The van der Waals surface area contributed by atoms with Gasteiger partial charge in [-0.2, -0.15) is 0 Å². The zero-order valence-corrected chi connectivity index (χ0v) is 14.5. The highest BCUT2D eigenvalue weighted by atomic mass is 32.2. The fourth-order valence-corrected chi connectivity index (χ4v) is 3.38. The van der Waals surface area contributed by atoms with Gasteiger partial charge in [0.1, 0.15) is 0 Å². The molecule has 3 rings (SSSR count). The zero-order valence-electron chi connectivity index (χ0n) is 13.7. The van der Waals surface area contributed by atoms with Crippen molar-refractivity contribution in [1.29, 1.82) is 0 Å². The molecule has 1 unspecified atom stereocenters. The molecular formula is C18H16N2O4S. The van der Waals surface area contributed by atoms with Gasteiger partial charge in [-0.15, -0.1) is 0 Å². The average molecular weight is 356 g/mol. The Kier molecular flexibility index (Phi) is 4.76. The summed E-state index contributed by atoms with van der Waals surface area (Å²) in [6.45, 7) is 1.90. The molecule has 0 aliphatic carbocycles. The topological polar surface area (TPSA) is 75.7 Å². The Labute approximate surface area is 149 Å². The van der Waals surface area contributed by atoms with Gasteiger partial charge in [-0.1, -0.05) is 12.1 Å². The molecule has 0 saturated carbocycles. The van der Waals surface area contributed by atoms with E-state index in [4.69, 9.17) is 0 Å².